The number of benzene rings is 1. The number of hydrogen-bond donors (Lipinski definition) is 0. The average molecular weight is 254 g/mol. The molecule has 96 valence electrons. The summed E-state index contributed by atoms with van der Waals surface area (Å²) in [6.45, 7) is 0. The third kappa shape index (κ3) is 1.22. The maximum atomic E-state index is 12.8. The van der Waals surface area contributed by atoms with Gasteiger partial charge in [-0.15, -0.1) is 0 Å². The number of allylic oxidation sites excluding steroid dienone is 2. The summed E-state index contributed by atoms with van der Waals surface area (Å²) < 4.78 is 11.8. The first-order valence-electron chi connectivity index (χ1n) is 6.48. The zero-order chi connectivity index (χ0) is 13.0. The van der Waals surface area contributed by atoms with Gasteiger partial charge in [-0.1, -0.05) is 42.5 Å². The van der Waals surface area contributed by atoms with Crippen LogP contribution >= 0.6 is 0 Å². The molecule has 1 aliphatic carbocycles. The number of methoxy groups -OCH3 is 1. The predicted octanol–water partition coefficient (Wildman–Crippen LogP) is 2.51. The fourth-order valence-electron chi connectivity index (χ4n) is 3.46. The molecule has 1 aromatic rings. The Bertz CT molecular complexity index is 616. The molecular formula is C16H14O3. The number of rotatable bonds is 1. The van der Waals surface area contributed by atoms with Crippen LogP contribution in [0.4, 0.5) is 0 Å². The normalized spacial score (nSPS) is 38.2. The van der Waals surface area contributed by atoms with Crippen molar-refractivity contribution in [1.82, 2.24) is 0 Å². The van der Waals surface area contributed by atoms with Crippen LogP contribution < -0.4 is 0 Å². The van der Waals surface area contributed by atoms with Crippen LogP contribution in [0, 0.1) is 5.92 Å². The Balaban J connectivity index is 2.01. The molecule has 3 nitrogen and oxygen atoms in total. The highest BCUT2D eigenvalue weighted by atomic mass is 16.6. The van der Waals surface area contributed by atoms with Gasteiger partial charge in [0.15, 0.2) is 11.4 Å². The molecule has 3 aliphatic rings. The lowest BCUT2D eigenvalue weighted by molar-refractivity contribution is -0.184. The minimum absolute atomic E-state index is 0.0949. The summed E-state index contributed by atoms with van der Waals surface area (Å²) in [5.41, 5.74) is 1.20. The Morgan fingerprint density at radius 1 is 1.21 bits per heavy atom. The number of carbonyl (C=O) groups is 1. The first-order valence-corrected chi connectivity index (χ1v) is 6.48. The fourth-order valence-corrected chi connectivity index (χ4v) is 3.46. The lowest BCUT2D eigenvalue weighted by Crippen LogP contribution is -2.51. The van der Waals surface area contributed by atoms with E-state index in [1.165, 1.54) is 0 Å². The van der Waals surface area contributed by atoms with Gasteiger partial charge >= 0.3 is 0 Å². The van der Waals surface area contributed by atoms with E-state index in [9.17, 15) is 4.79 Å². The van der Waals surface area contributed by atoms with E-state index in [1.54, 1.807) is 7.11 Å². The SMILES string of the molecule is CO[C@@]12C=CC=C[C@@H](C1=O)[C@@H]1O[C@H]2c2ccccc21. The molecule has 1 saturated heterocycles. The Morgan fingerprint density at radius 2 is 2.00 bits per heavy atom. The van der Waals surface area contributed by atoms with Crippen molar-refractivity contribution < 1.29 is 14.3 Å². The van der Waals surface area contributed by atoms with Crippen molar-refractivity contribution in [3.8, 4) is 0 Å². The summed E-state index contributed by atoms with van der Waals surface area (Å²) in [6, 6.07) is 8.05. The molecule has 4 atom stereocenters. The number of hydrogen-bond acceptors (Lipinski definition) is 3. The maximum absolute atomic E-state index is 12.8. The van der Waals surface area contributed by atoms with Crippen LogP contribution in [0.25, 0.3) is 0 Å². The number of fused-ring (bicyclic) bond motifs is 9. The highest BCUT2D eigenvalue weighted by Gasteiger charge is 2.59. The molecule has 0 aromatic heterocycles. The fraction of sp³-hybridized carbons (Fsp3) is 0.312. The van der Waals surface area contributed by atoms with Gasteiger partial charge in [-0.25, -0.2) is 0 Å². The van der Waals surface area contributed by atoms with Crippen LogP contribution in [0.5, 0.6) is 0 Å². The van der Waals surface area contributed by atoms with Crippen molar-refractivity contribution in [2.75, 3.05) is 7.11 Å². The van der Waals surface area contributed by atoms with Crippen molar-refractivity contribution in [3.05, 3.63) is 59.7 Å². The lowest BCUT2D eigenvalue weighted by atomic mass is 9.81. The highest BCUT2D eigenvalue weighted by molar-refractivity contribution is 5.96. The first kappa shape index (κ1) is 11.1. The van der Waals surface area contributed by atoms with Gasteiger partial charge in [0.25, 0.3) is 0 Å². The van der Waals surface area contributed by atoms with Gasteiger partial charge < -0.3 is 9.47 Å². The summed E-state index contributed by atoms with van der Waals surface area (Å²) >= 11 is 0. The molecule has 0 radical (unpaired) electrons. The van der Waals surface area contributed by atoms with E-state index in [1.807, 2.05) is 48.6 Å². The molecule has 2 aliphatic heterocycles. The highest BCUT2D eigenvalue weighted by Crippen LogP contribution is 2.55. The number of carbonyl (C=O) groups excluding carboxylic acids is 1. The smallest absolute Gasteiger partial charge is 0.181 e. The van der Waals surface area contributed by atoms with Gasteiger partial charge in [-0.2, -0.15) is 0 Å². The maximum Gasteiger partial charge on any atom is 0.181 e. The van der Waals surface area contributed by atoms with Crippen LogP contribution in [0.2, 0.25) is 0 Å². The lowest BCUT2D eigenvalue weighted by Gasteiger charge is -2.40. The molecule has 2 heterocycles. The Kier molecular flexibility index (Phi) is 2.14. The van der Waals surface area contributed by atoms with E-state index in [0.717, 1.165) is 11.1 Å². The Labute approximate surface area is 111 Å². The van der Waals surface area contributed by atoms with Crippen molar-refractivity contribution in [1.29, 1.82) is 0 Å². The standard InChI is InChI=1S/C16H14O3/c1-18-16-9-5-4-8-12(14(16)17)13-10-6-2-3-7-11(10)15(16)19-13/h2-9,12-13,15H,1H3/t12-,13-,15+,16+/m1/s1. The van der Waals surface area contributed by atoms with E-state index in [0.29, 0.717) is 0 Å². The molecule has 1 fully saturated rings. The minimum atomic E-state index is -0.989. The minimum Gasteiger partial charge on any atom is -0.363 e. The summed E-state index contributed by atoms with van der Waals surface area (Å²) in [4.78, 5) is 12.8. The van der Waals surface area contributed by atoms with Gasteiger partial charge in [-0.05, 0) is 17.2 Å². The number of ketones is 1. The number of Topliss-reactive ketones (excluding diaryl/α,β-unsaturated/α-hetero) is 1. The largest absolute Gasteiger partial charge is 0.363 e. The van der Waals surface area contributed by atoms with Crippen molar-refractivity contribution in [3.63, 3.8) is 0 Å². The van der Waals surface area contributed by atoms with Crippen LogP contribution in [0.1, 0.15) is 23.3 Å². The van der Waals surface area contributed by atoms with E-state index < -0.39 is 5.60 Å². The molecule has 3 heteroatoms. The molecule has 0 unspecified atom stereocenters. The molecule has 0 amide bonds. The quantitative estimate of drug-likeness (QED) is 0.772. The van der Waals surface area contributed by atoms with E-state index in [2.05, 4.69) is 0 Å². The first-order chi connectivity index (χ1) is 9.28. The topological polar surface area (TPSA) is 35.5 Å². The average Bonchev–Trinajstić information content (AvgIpc) is 2.75. The van der Waals surface area contributed by atoms with Gasteiger partial charge in [0.1, 0.15) is 6.10 Å². The molecule has 1 aromatic carbocycles. The second-order valence-corrected chi connectivity index (χ2v) is 5.20. The van der Waals surface area contributed by atoms with Crippen LogP contribution in [-0.4, -0.2) is 18.5 Å². The van der Waals surface area contributed by atoms with Gasteiger partial charge in [0.2, 0.25) is 0 Å². The van der Waals surface area contributed by atoms with Crippen molar-refractivity contribution in [2.24, 2.45) is 5.92 Å². The zero-order valence-corrected chi connectivity index (χ0v) is 10.6. The molecule has 0 N–H and O–H groups in total. The third-order valence-electron chi connectivity index (χ3n) is 4.38. The molecular weight excluding hydrogens is 240 g/mol. The zero-order valence-electron chi connectivity index (χ0n) is 10.6. The second-order valence-electron chi connectivity index (χ2n) is 5.20. The summed E-state index contributed by atoms with van der Waals surface area (Å²) in [7, 11) is 1.58. The van der Waals surface area contributed by atoms with Gasteiger partial charge in [-0.3, -0.25) is 4.79 Å². The molecule has 4 rings (SSSR count). The van der Waals surface area contributed by atoms with Crippen LogP contribution in [-0.2, 0) is 14.3 Å². The Morgan fingerprint density at radius 3 is 2.79 bits per heavy atom. The summed E-state index contributed by atoms with van der Waals surface area (Å²) in [5, 5.41) is 0. The van der Waals surface area contributed by atoms with Crippen LogP contribution in [0.3, 0.4) is 0 Å². The van der Waals surface area contributed by atoms with Crippen LogP contribution in [0.15, 0.2) is 48.6 Å². The molecule has 4 bridgehead atoms. The van der Waals surface area contributed by atoms with Gasteiger partial charge in [0.05, 0.1) is 12.0 Å². The van der Waals surface area contributed by atoms with Gasteiger partial charge in [0, 0.05) is 7.11 Å². The second kappa shape index (κ2) is 3.65. The molecule has 19 heavy (non-hydrogen) atoms. The number of ether oxygens (including phenoxy) is 2. The molecule has 0 saturated carbocycles. The third-order valence-corrected chi connectivity index (χ3v) is 4.38. The predicted molar refractivity (Wildman–Crippen MR) is 69.5 cm³/mol. The Hall–Kier alpha value is -1.71. The van der Waals surface area contributed by atoms with E-state index in [-0.39, 0.29) is 23.9 Å². The van der Waals surface area contributed by atoms with Crippen molar-refractivity contribution in [2.45, 2.75) is 17.8 Å². The summed E-state index contributed by atoms with van der Waals surface area (Å²) in [6.07, 6.45) is 7.04. The van der Waals surface area contributed by atoms with Crippen molar-refractivity contribution >= 4 is 5.78 Å². The summed E-state index contributed by atoms with van der Waals surface area (Å²) in [5.74, 6) is -0.174. The van der Waals surface area contributed by atoms with E-state index >= 15 is 0 Å². The van der Waals surface area contributed by atoms with E-state index in [4.69, 9.17) is 9.47 Å². The molecule has 0 spiro atoms. The monoisotopic (exact) mass is 254 g/mol.